The highest BCUT2D eigenvalue weighted by Gasteiger charge is 2.31. The lowest BCUT2D eigenvalue weighted by molar-refractivity contribution is -0.142. The number of aliphatic hydroxyl groups excluding tert-OH is 1. The molecule has 0 fully saturated rings. The van der Waals surface area contributed by atoms with Gasteiger partial charge in [-0.2, -0.15) is 0 Å². The Bertz CT molecular complexity index is 1340. The molecular formula is C30H47N11O7. The fraction of sp³-hybridized carbons (Fsp3) is 0.500. The molecule has 4 amide bonds. The number of benzene rings is 1. The minimum Gasteiger partial charge on any atom is -0.480 e. The first-order valence-corrected chi connectivity index (χ1v) is 15.5. The molecule has 2 aromatic rings. The van der Waals surface area contributed by atoms with Crippen molar-refractivity contribution in [2.45, 2.75) is 75.2 Å². The van der Waals surface area contributed by atoms with E-state index < -0.39 is 66.4 Å². The number of aliphatic imine (C=N–C) groups is 1. The summed E-state index contributed by atoms with van der Waals surface area (Å²) in [6, 6.07) is 2.52. The van der Waals surface area contributed by atoms with Crippen molar-refractivity contribution in [3.8, 4) is 0 Å². The van der Waals surface area contributed by atoms with Crippen LogP contribution in [0, 0.1) is 0 Å². The molecule has 5 atom stereocenters. The third kappa shape index (κ3) is 14.1. The standard InChI is InChI=1S/C30H47N11O7/c31-11-5-4-9-21(38-28(46)24(16-42)41-25(43)20(32)14-19-15-35-17-37-19)26(44)40-23(13-18-7-2-1-3-8-18)27(45)39-22(29(47)48)10-6-12-36-30(33)34/h1-3,7-8,15,17,20-24,42H,4-6,9-14,16,31-32H2,(H,35,37)(H,38,46)(H,39,45)(H,40,44)(H,41,43)(H,47,48)(H4,33,34,36)/t20-,21-,22-,23-,24-/m0/s1. The Balaban J connectivity index is 2.19. The van der Waals surface area contributed by atoms with Crippen molar-refractivity contribution >= 4 is 35.6 Å². The maximum atomic E-state index is 13.6. The Kier molecular flexibility index (Phi) is 17.1. The second kappa shape index (κ2) is 20.9. The molecule has 2 rings (SSSR count). The number of hydrogen-bond acceptors (Lipinski definition) is 10. The van der Waals surface area contributed by atoms with Crippen LogP contribution in [-0.4, -0.2) is 106 Å². The molecule has 18 heteroatoms. The molecule has 18 nitrogen and oxygen atoms in total. The highest BCUT2D eigenvalue weighted by molar-refractivity contribution is 5.95. The average Bonchev–Trinajstić information content (AvgIpc) is 3.57. The lowest BCUT2D eigenvalue weighted by atomic mass is 10.0. The Morgan fingerprint density at radius 3 is 2.02 bits per heavy atom. The van der Waals surface area contributed by atoms with Crippen molar-refractivity contribution in [1.29, 1.82) is 0 Å². The van der Waals surface area contributed by atoms with Gasteiger partial charge >= 0.3 is 5.97 Å². The van der Waals surface area contributed by atoms with Crippen LogP contribution in [0.5, 0.6) is 0 Å². The van der Waals surface area contributed by atoms with E-state index in [9.17, 15) is 34.2 Å². The Hall–Kier alpha value is -5.07. The molecule has 0 saturated carbocycles. The molecule has 0 saturated heterocycles. The van der Waals surface area contributed by atoms with Gasteiger partial charge in [-0.05, 0) is 44.2 Å². The van der Waals surface area contributed by atoms with E-state index in [1.165, 1.54) is 12.5 Å². The van der Waals surface area contributed by atoms with E-state index in [2.05, 4.69) is 36.2 Å². The molecule has 0 aliphatic rings. The molecule has 1 aromatic carbocycles. The Morgan fingerprint density at radius 1 is 0.812 bits per heavy atom. The summed E-state index contributed by atoms with van der Waals surface area (Å²) in [5.74, 6) is -4.51. The lowest BCUT2D eigenvalue weighted by Gasteiger charge is -2.26. The van der Waals surface area contributed by atoms with Crippen molar-refractivity contribution in [2.75, 3.05) is 19.7 Å². The predicted octanol–water partition coefficient (Wildman–Crippen LogP) is -3.28. The monoisotopic (exact) mass is 673 g/mol. The first-order valence-electron chi connectivity index (χ1n) is 15.5. The summed E-state index contributed by atoms with van der Waals surface area (Å²) >= 11 is 0. The van der Waals surface area contributed by atoms with E-state index in [0.29, 0.717) is 30.6 Å². The summed E-state index contributed by atoms with van der Waals surface area (Å²) in [5.41, 5.74) is 23.5. The van der Waals surface area contributed by atoms with E-state index >= 15 is 0 Å². The average molecular weight is 674 g/mol. The zero-order chi connectivity index (χ0) is 35.5. The smallest absolute Gasteiger partial charge is 0.326 e. The van der Waals surface area contributed by atoms with E-state index in [-0.39, 0.29) is 44.6 Å². The second-order valence-corrected chi connectivity index (χ2v) is 11.1. The van der Waals surface area contributed by atoms with Gasteiger partial charge in [-0.1, -0.05) is 30.3 Å². The number of carbonyl (C=O) groups is 5. The van der Waals surface area contributed by atoms with E-state index in [0.717, 1.165) is 0 Å². The third-order valence-corrected chi connectivity index (χ3v) is 7.20. The molecule has 1 heterocycles. The van der Waals surface area contributed by atoms with Crippen LogP contribution in [0.4, 0.5) is 0 Å². The first kappa shape index (κ1) is 39.1. The minimum atomic E-state index is -1.44. The molecule has 0 aliphatic carbocycles. The largest absolute Gasteiger partial charge is 0.480 e. The van der Waals surface area contributed by atoms with Gasteiger partial charge in [-0.15, -0.1) is 0 Å². The number of aliphatic carboxylic acids is 1. The maximum Gasteiger partial charge on any atom is 0.326 e. The number of guanidine groups is 1. The summed E-state index contributed by atoms with van der Waals surface area (Å²) in [5, 5.41) is 29.7. The molecule has 0 radical (unpaired) electrons. The Morgan fingerprint density at radius 2 is 1.42 bits per heavy atom. The summed E-state index contributed by atoms with van der Waals surface area (Å²) in [7, 11) is 0. The minimum absolute atomic E-state index is 0.00572. The molecule has 1 aromatic heterocycles. The van der Waals surface area contributed by atoms with Gasteiger partial charge in [-0.3, -0.25) is 24.2 Å². The van der Waals surface area contributed by atoms with Gasteiger partial charge in [0, 0.05) is 31.3 Å². The predicted molar refractivity (Wildman–Crippen MR) is 176 cm³/mol. The molecule has 0 aliphatic heterocycles. The van der Waals surface area contributed by atoms with Gasteiger partial charge < -0.3 is 59.4 Å². The van der Waals surface area contributed by atoms with Crippen LogP contribution >= 0.6 is 0 Å². The number of aliphatic hydroxyl groups is 1. The number of aromatic nitrogens is 2. The van der Waals surface area contributed by atoms with Crippen LogP contribution in [0.3, 0.4) is 0 Å². The molecular weight excluding hydrogens is 626 g/mol. The van der Waals surface area contributed by atoms with E-state index in [1.54, 1.807) is 30.3 Å². The van der Waals surface area contributed by atoms with E-state index in [4.69, 9.17) is 22.9 Å². The number of nitrogens with zero attached hydrogens (tertiary/aromatic N) is 2. The SMILES string of the molecule is NCCCC[C@H](NC(=O)[C@H](CO)NC(=O)[C@@H](N)Cc1cnc[nH]1)C(=O)N[C@@H](Cc1ccccc1)C(=O)N[C@@H](CCCN=C(N)N)C(=O)O. The quantitative estimate of drug-likeness (QED) is 0.0333. The van der Waals surface area contributed by atoms with Gasteiger partial charge in [-0.25, -0.2) is 9.78 Å². The molecule has 264 valence electrons. The number of carboxylic acids is 1. The number of unbranched alkanes of at least 4 members (excludes halogenated alkanes) is 1. The number of H-pyrrole nitrogens is 1. The van der Waals surface area contributed by atoms with Crippen molar-refractivity contribution in [3.63, 3.8) is 0 Å². The van der Waals surface area contributed by atoms with Crippen LogP contribution in [-0.2, 0) is 36.8 Å². The number of hydrogen-bond donors (Lipinski definition) is 11. The van der Waals surface area contributed by atoms with Gasteiger partial charge in [0.15, 0.2) is 5.96 Å². The van der Waals surface area contributed by atoms with Gasteiger partial charge in [0.05, 0.1) is 19.0 Å². The fourth-order valence-corrected chi connectivity index (χ4v) is 4.60. The van der Waals surface area contributed by atoms with Crippen LogP contribution in [0.25, 0.3) is 0 Å². The topological polar surface area (TPSA) is 319 Å². The van der Waals surface area contributed by atoms with Gasteiger partial charge in [0.2, 0.25) is 23.6 Å². The van der Waals surface area contributed by atoms with Gasteiger partial charge in [0.25, 0.3) is 0 Å². The van der Waals surface area contributed by atoms with Crippen molar-refractivity contribution in [3.05, 3.63) is 54.1 Å². The molecule has 0 bridgehead atoms. The van der Waals surface area contributed by atoms with Crippen molar-refractivity contribution in [1.82, 2.24) is 31.2 Å². The van der Waals surface area contributed by atoms with Crippen LogP contribution < -0.4 is 44.2 Å². The van der Waals surface area contributed by atoms with Gasteiger partial charge in [0.1, 0.15) is 24.2 Å². The molecule has 15 N–H and O–H groups in total. The Labute approximate surface area is 277 Å². The number of rotatable bonds is 22. The molecule has 0 spiro atoms. The number of amides is 4. The second-order valence-electron chi connectivity index (χ2n) is 11.1. The van der Waals surface area contributed by atoms with Crippen molar-refractivity contribution in [2.24, 2.45) is 27.9 Å². The van der Waals surface area contributed by atoms with Crippen LogP contribution in [0.2, 0.25) is 0 Å². The number of aromatic amines is 1. The van der Waals surface area contributed by atoms with Crippen molar-refractivity contribution < 1.29 is 34.2 Å². The highest BCUT2D eigenvalue weighted by Crippen LogP contribution is 2.08. The van der Waals surface area contributed by atoms with E-state index in [1.807, 2.05) is 0 Å². The highest BCUT2D eigenvalue weighted by atomic mass is 16.4. The summed E-state index contributed by atoms with van der Waals surface area (Å²) < 4.78 is 0. The molecule has 48 heavy (non-hydrogen) atoms. The summed E-state index contributed by atoms with van der Waals surface area (Å²) in [6.07, 6.45) is 4.36. The zero-order valence-electron chi connectivity index (χ0n) is 26.6. The van der Waals surface area contributed by atoms with Crippen LogP contribution in [0.1, 0.15) is 43.4 Å². The number of nitrogens with two attached hydrogens (primary N) is 4. The fourth-order valence-electron chi connectivity index (χ4n) is 4.60. The number of imidazole rings is 1. The number of carbonyl (C=O) groups excluding carboxylic acids is 4. The number of nitrogens with one attached hydrogen (secondary N) is 5. The first-order chi connectivity index (χ1) is 22.9. The van der Waals surface area contributed by atoms with Crippen LogP contribution in [0.15, 0.2) is 47.8 Å². The third-order valence-electron chi connectivity index (χ3n) is 7.20. The summed E-state index contributed by atoms with van der Waals surface area (Å²) in [4.78, 5) is 75.3. The lowest BCUT2D eigenvalue weighted by Crippen LogP contribution is -2.59. The number of carboxylic acid groups (broad SMARTS) is 1. The normalized spacial score (nSPS) is 14.0. The zero-order valence-corrected chi connectivity index (χ0v) is 26.6. The maximum absolute atomic E-state index is 13.6. The summed E-state index contributed by atoms with van der Waals surface area (Å²) in [6.45, 7) is -0.309. The molecule has 0 unspecified atom stereocenters.